The zero-order valence-electron chi connectivity index (χ0n) is 9.52. The molecule has 0 atom stereocenters. The average molecular weight is 267 g/mol. The monoisotopic (exact) mass is 267 g/mol. The molecule has 0 aliphatic heterocycles. The van der Waals surface area contributed by atoms with Gasteiger partial charge in [0.05, 0.1) is 5.69 Å². The van der Waals surface area contributed by atoms with Gasteiger partial charge in [-0.3, -0.25) is 4.79 Å². The van der Waals surface area contributed by atoms with Gasteiger partial charge in [0.15, 0.2) is 6.29 Å². The van der Waals surface area contributed by atoms with Gasteiger partial charge in [-0.1, -0.05) is 6.07 Å². The van der Waals surface area contributed by atoms with Crippen molar-refractivity contribution in [2.45, 2.75) is 6.36 Å². The Labute approximate surface area is 106 Å². The number of ether oxygens (including phenoxy) is 1. The summed E-state index contributed by atoms with van der Waals surface area (Å²) in [4.78, 5) is 14.6. The van der Waals surface area contributed by atoms with Gasteiger partial charge < -0.3 is 4.74 Å². The van der Waals surface area contributed by atoms with Crippen LogP contribution < -0.4 is 4.74 Å². The molecule has 0 amide bonds. The van der Waals surface area contributed by atoms with Crippen molar-refractivity contribution in [1.29, 1.82) is 0 Å². The number of hydrogen-bond donors (Lipinski definition) is 0. The number of pyridine rings is 1. The van der Waals surface area contributed by atoms with Crippen molar-refractivity contribution < 1.29 is 22.7 Å². The number of aldehydes is 1. The number of nitrogens with zero attached hydrogens (tertiary/aromatic N) is 1. The number of aromatic nitrogens is 1. The Bertz CT molecular complexity index is 579. The lowest BCUT2D eigenvalue weighted by atomic mass is 10.1. The van der Waals surface area contributed by atoms with E-state index in [4.69, 9.17) is 0 Å². The first kappa shape index (κ1) is 13.1. The minimum atomic E-state index is -4.71. The molecule has 19 heavy (non-hydrogen) atoms. The highest BCUT2D eigenvalue weighted by atomic mass is 19.4. The van der Waals surface area contributed by atoms with E-state index in [9.17, 15) is 18.0 Å². The van der Waals surface area contributed by atoms with Crippen LogP contribution in [0.1, 0.15) is 10.5 Å². The lowest BCUT2D eigenvalue weighted by molar-refractivity contribution is -0.274. The highest BCUT2D eigenvalue weighted by molar-refractivity contribution is 5.73. The number of carbonyl (C=O) groups is 1. The van der Waals surface area contributed by atoms with Gasteiger partial charge in [-0.15, -0.1) is 13.2 Å². The third kappa shape index (κ3) is 3.54. The van der Waals surface area contributed by atoms with Gasteiger partial charge in [-0.2, -0.15) is 0 Å². The fraction of sp³-hybridized carbons (Fsp3) is 0.0769. The zero-order valence-corrected chi connectivity index (χ0v) is 9.52. The Kier molecular flexibility index (Phi) is 3.50. The molecular formula is C13H8F3NO2. The molecule has 0 N–H and O–H groups in total. The van der Waals surface area contributed by atoms with Gasteiger partial charge in [0, 0.05) is 5.56 Å². The highest BCUT2D eigenvalue weighted by Crippen LogP contribution is 2.25. The molecule has 0 saturated carbocycles. The van der Waals surface area contributed by atoms with E-state index in [1.807, 2.05) is 0 Å². The molecule has 0 aliphatic carbocycles. The molecular weight excluding hydrogens is 259 g/mol. The number of halogens is 3. The normalized spacial score (nSPS) is 11.1. The Balaban J connectivity index is 2.24. The Morgan fingerprint density at radius 1 is 1.05 bits per heavy atom. The molecule has 2 rings (SSSR count). The van der Waals surface area contributed by atoms with E-state index in [2.05, 4.69) is 9.72 Å². The van der Waals surface area contributed by atoms with E-state index < -0.39 is 6.36 Å². The number of carbonyl (C=O) groups excluding carboxylic acids is 1. The maximum atomic E-state index is 12.0. The largest absolute Gasteiger partial charge is 0.573 e. The fourth-order valence-electron chi connectivity index (χ4n) is 1.51. The minimum Gasteiger partial charge on any atom is -0.406 e. The molecule has 0 saturated heterocycles. The van der Waals surface area contributed by atoms with Crippen molar-refractivity contribution in [3.05, 3.63) is 48.2 Å². The summed E-state index contributed by atoms with van der Waals surface area (Å²) in [5, 5.41) is 0. The van der Waals surface area contributed by atoms with Gasteiger partial charge in [0.1, 0.15) is 11.4 Å². The van der Waals surface area contributed by atoms with Crippen molar-refractivity contribution >= 4 is 6.29 Å². The average Bonchev–Trinajstić information content (AvgIpc) is 2.38. The van der Waals surface area contributed by atoms with Gasteiger partial charge in [-0.25, -0.2) is 4.98 Å². The standard InChI is InChI=1S/C13H8F3NO2/c14-13(15,16)19-11-6-4-9(5-7-11)12-3-1-2-10(8-18)17-12/h1-8H. The predicted octanol–water partition coefficient (Wildman–Crippen LogP) is 3.46. The van der Waals surface area contributed by atoms with Crippen LogP contribution in [-0.2, 0) is 0 Å². The van der Waals surface area contributed by atoms with E-state index in [1.54, 1.807) is 12.1 Å². The van der Waals surface area contributed by atoms with E-state index in [0.29, 0.717) is 17.5 Å². The summed E-state index contributed by atoms with van der Waals surface area (Å²) in [7, 11) is 0. The smallest absolute Gasteiger partial charge is 0.406 e. The van der Waals surface area contributed by atoms with Crippen LogP contribution in [0.3, 0.4) is 0 Å². The van der Waals surface area contributed by atoms with Gasteiger partial charge in [-0.05, 0) is 36.4 Å². The van der Waals surface area contributed by atoms with E-state index in [1.165, 1.54) is 30.3 Å². The molecule has 0 fully saturated rings. The van der Waals surface area contributed by atoms with Crippen LogP contribution in [0.4, 0.5) is 13.2 Å². The van der Waals surface area contributed by atoms with Crippen LogP contribution in [-0.4, -0.2) is 17.6 Å². The van der Waals surface area contributed by atoms with Crippen LogP contribution in [0.5, 0.6) is 5.75 Å². The maximum absolute atomic E-state index is 12.0. The molecule has 1 aromatic heterocycles. The highest BCUT2D eigenvalue weighted by Gasteiger charge is 2.30. The maximum Gasteiger partial charge on any atom is 0.573 e. The van der Waals surface area contributed by atoms with Crippen LogP contribution in [0.15, 0.2) is 42.5 Å². The second-order valence-electron chi connectivity index (χ2n) is 3.64. The first-order valence-corrected chi connectivity index (χ1v) is 5.26. The van der Waals surface area contributed by atoms with Crippen molar-refractivity contribution in [3.63, 3.8) is 0 Å². The number of alkyl halides is 3. The third-order valence-corrected chi connectivity index (χ3v) is 2.28. The second kappa shape index (κ2) is 5.09. The molecule has 2 aromatic rings. The minimum absolute atomic E-state index is 0.258. The molecule has 1 aromatic carbocycles. The van der Waals surface area contributed by atoms with E-state index >= 15 is 0 Å². The second-order valence-corrected chi connectivity index (χ2v) is 3.64. The Hall–Kier alpha value is -2.37. The fourth-order valence-corrected chi connectivity index (χ4v) is 1.51. The SMILES string of the molecule is O=Cc1cccc(-c2ccc(OC(F)(F)F)cc2)n1. The summed E-state index contributed by atoms with van der Waals surface area (Å²) >= 11 is 0. The lowest BCUT2D eigenvalue weighted by Crippen LogP contribution is -2.16. The predicted molar refractivity (Wildman–Crippen MR) is 61.7 cm³/mol. The van der Waals surface area contributed by atoms with Gasteiger partial charge in [0.2, 0.25) is 0 Å². The van der Waals surface area contributed by atoms with Gasteiger partial charge >= 0.3 is 6.36 Å². The summed E-state index contributed by atoms with van der Waals surface area (Å²) in [6.07, 6.45) is -4.11. The van der Waals surface area contributed by atoms with Crippen molar-refractivity contribution in [1.82, 2.24) is 4.98 Å². The molecule has 6 heteroatoms. The first-order chi connectivity index (χ1) is 8.98. The van der Waals surface area contributed by atoms with Crippen LogP contribution >= 0.6 is 0 Å². The van der Waals surface area contributed by atoms with Gasteiger partial charge in [0.25, 0.3) is 0 Å². The summed E-state index contributed by atoms with van der Waals surface area (Å²) in [6, 6.07) is 10.1. The molecule has 0 spiro atoms. The summed E-state index contributed by atoms with van der Waals surface area (Å²) < 4.78 is 39.7. The topological polar surface area (TPSA) is 39.2 Å². The molecule has 98 valence electrons. The summed E-state index contributed by atoms with van der Waals surface area (Å²) in [6.45, 7) is 0. The molecule has 1 heterocycles. The summed E-state index contributed by atoms with van der Waals surface area (Å²) in [5.74, 6) is -0.303. The van der Waals surface area contributed by atoms with Crippen LogP contribution in [0.2, 0.25) is 0 Å². The quantitative estimate of drug-likeness (QED) is 0.799. The first-order valence-electron chi connectivity index (χ1n) is 5.26. The zero-order chi connectivity index (χ0) is 13.9. The third-order valence-electron chi connectivity index (χ3n) is 2.28. The molecule has 0 radical (unpaired) electrons. The van der Waals surface area contributed by atoms with Crippen LogP contribution in [0.25, 0.3) is 11.3 Å². The Morgan fingerprint density at radius 3 is 2.32 bits per heavy atom. The Morgan fingerprint density at radius 2 is 1.74 bits per heavy atom. The van der Waals surface area contributed by atoms with Crippen molar-refractivity contribution in [2.75, 3.05) is 0 Å². The van der Waals surface area contributed by atoms with Crippen molar-refractivity contribution in [2.24, 2.45) is 0 Å². The van der Waals surface area contributed by atoms with Crippen LogP contribution in [0, 0.1) is 0 Å². The molecule has 0 bridgehead atoms. The molecule has 0 unspecified atom stereocenters. The lowest BCUT2D eigenvalue weighted by Gasteiger charge is -2.09. The van der Waals surface area contributed by atoms with E-state index in [0.717, 1.165) is 0 Å². The number of rotatable bonds is 3. The number of benzene rings is 1. The van der Waals surface area contributed by atoms with Crippen molar-refractivity contribution in [3.8, 4) is 17.0 Å². The number of hydrogen-bond acceptors (Lipinski definition) is 3. The molecule has 3 nitrogen and oxygen atoms in total. The summed E-state index contributed by atoms with van der Waals surface area (Å²) in [5.41, 5.74) is 1.36. The van der Waals surface area contributed by atoms with E-state index in [-0.39, 0.29) is 11.4 Å². The molecule has 0 aliphatic rings.